The summed E-state index contributed by atoms with van der Waals surface area (Å²) in [5.74, 6) is 1.53. The fourth-order valence-electron chi connectivity index (χ4n) is 1.31. The van der Waals surface area contributed by atoms with Crippen LogP contribution in [0.1, 0.15) is 0 Å². The first kappa shape index (κ1) is 11.1. The summed E-state index contributed by atoms with van der Waals surface area (Å²) >= 11 is 0. The maximum atomic E-state index is 4.21. The molecule has 0 atom stereocenters. The molecular weight excluding hydrogens is 216 g/mol. The Labute approximate surface area is 99.5 Å². The van der Waals surface area contributed by atoms with Crippen LogP contribution in [0.15, 0.2) is 30.3 Å². The Morgan fingerprint density at radius 1 is 0.765 bits per heavy atom. The van der Waals surface area contributed by atoms with Gasteiger partial charge in [-0.2, -0.15) is 15.0 Å². The highest BCUT2D eigenvalue weighted by molar-refractivity contribution is 5.55. The normalized spacial score (nSPS) is 9.76. The summed E-state index contributed by atoms with van der Waals surface area (Å²) in [6.07, 6.45) is 0. The van der Waals surface area contributed by atoms with Gasteiger partial charge in [0.25, 0.3) is 0 Å². The number of aromatic nitrogens is 3. The van der Waals surface area contributed by atoms with E-state index in [9.17, 15) is 0 Å². The van der Waals surface area contributed by atoms with Gasteiger partial charge in [0.2, 0.25) is 17.8 Å². The van der Waals surface area contributed by atoms with Gasteiger partial charge in [0.05, 0.1) is 0 Å². The van der Waals surface area contributed by atoms with Gasteiger partial charge in [-0.25, -0.2) is 0 Å². The zero-order valence-electron chi connectivity index (χ0n) is 9.73. The van der Waals surface area contributed by atoms with E-state index in [-0.39, 0.29) is 0 Å². The van der Waals surface area contributed by atoms with Crippen molar-refractivity contribution in [1.29, 1.82) is 0 Å². The number of para-hydroxylation sites is 1. The van der Waals surface area contributed by atoms with E-state index < -0.39 is 0 Å². The molecule has 0 saturated heterocycles. The van der Waals surface area contributed by atoms with Crippen LogP contribution in [0.5, 0.6) is 0 Å². The van der Waals surface area contributed by atoms with Crippen LogP contribution in [0.25, 0.3) is 0 Å². The number of nitrogens with one attached hydrogen (secondary N) is 3. The highest BCUT2D eigenvalue weighted by Gasteiger charge is 2.04. The molecule has 1 heterocycles. The molecule has 1 aromatic heterocycles. The summed E-state index contributed by atoms with van der Waals surface area (Å²) in [7, 11) is 3.53. The average molecular weight is 230 g/mol. The second-order valence-corrected chi connectivity index (χ2v) is 3.30. The van der Waals surface area contributed by atoms with Crippen molar-refractivity contribution in [2.24, 2.45) is 0 Å². The van der Waals surface area contributed by atoms with Crippen LogP contribution in [0.4, 0.5) is 23.5 Å². The Hall–Kier alpha value is -2.37. The number of hydrogen-bond donors (Lipinski definition) is 3. The maximum Gasteiger partial charge on any atom is 0.233 e. The molecule has 0 aliphatic carbocycles. The Bertz CT molecular complexity index is 462. The molecule has 0 aliphatic rings. The van der Waals surface area contributed by atoms with E-state index in [1.807, 2.05) is 30.3 Å². The number of nitrogens with zero attached hydrogens (tertiary/aromatic N) is 3. The third-order valence-corrected chi connectivity index (χ3v) is 2.11. The van der Waals surface area contributed by atoms with Crippen LogP contribution in [-0.2, 0) is 0 Å². The molecule has 17 heavy (non-hydrogen) atoms. The predicted molar refractivity (Wildman–Crippen MR) is 68.6 cm³/mol. The second-order valence-electron chi connectivity index (χ2n) is 3.30. The SMILES string of the molecule is CNc1nc(NC)nc(Nc2ccccc2)n1. The highest BCUT2D eigenvalue weighted by Crippen LogP contribution is 2.14. The summed E-state index contributed by atoms with van der Waals surface area (Å²) in [6, 6.07) is 9.74. The summed E-state index contributed by atoms with van der Waals surface area (Å²) in [6.45, 7) is 0. The van der Waals surface area contributed by atoms with Crippen LogP contribution in [0.3, 0.4) is 0 Å². The lowest BCUT2D eigenvalue weighted by Gasteiger charge is -2.07. The lowest BCUT2D eigenvalue weighted by molar-refractivity contribution is 1.05. The quantitative estimate of drug-likeness (QED) is 0.742. The summed E-state index contributed by atoms with van der Waals surface area (Å²) in [5, 5.41) is 8.88. The van der Waals surface area contributed by atoms with Gasteiger partial charge >= 0.3 is 0 Å². The molecule has 1 aromatic carbocycles. The van der Waals surface area contributed by atoms with Gasteiger partial charge in [0, 0.05) is 19.8 Å². The lowest BCUT2D eigenvalue weighted by atomic mass is 10.3. The highest BCUT2D eigenvalue weighted by atomic mass is 15.3. The lowest BCUT2D eigenvalue weighted by Crippen LogP contribution is -2.06. The van der Waals surface area contributed by atoms with Crippen molar-refractivity contribution in [2.75, 3.05) is 30.0 Å². The molecule has 2 aromatic rings. The van der Waals surface area contributed by atoms with Crippen molar-refractivity contribution in [3.8, 4) is 0 Å². The molecule has 0 amide bonds. The molecule has 88 valence electrons. The molecule has 0 bridgehead atoms. The van der Waals surface area contributed by atoms with Crippen LogP contribution < -0.4 is 16.0 Å². The predicted octanol–water partition coefficient (Wildman–Crippen LogP) is 1.70. The Morgan fingerprint density at radius 2 is 1.29 bits per heavy atom. The van der Waals surface area contributed by atoms with Gasteiger partial charge in [-0.15, -0.1) is 0 Å². The smallest absolute Gasteiger partial charge is 0.233 e. The largest absolute Gasteiger partial charge is 0.357 e. The van der Waals surface area contributed by atoms with Crippen molar-refractivity contribution in [1.82, 2.24) is 15.0 Å². The van der Waals surface area contributed by atoms with E-state index >= 15 is 0 Å². The van der Waals surface area contributed by atoms with Gasteiger partial charge in [-0.05, 0) is 12.1 Å². The maximum absolute atomic E-state index is 4.21. The van der Waals surface area contributed by atoms with E-state index in [1.54, 1.807) is 14.1 Å². The van der Waals surface area contributed by atoms with E-state index in [4.69, 9.17) is 0 Å². The Kier molecular flexibility index (Phi) is 3.34. The van der Waals surface area contributed by atoms with Crippen LogP contribution in [0.2, 0.25) is 0 Å². The fraction of sp³-hybridized carbons (Fsp3) is 0.182. The summed E-state index contributed by atoms with van der Waals surface area (Å²) < 4.78 is 0. The van der Waals surface area contributed by atoms with Gasteiger partial charge in [0.15, 0.2) is 0 Å². The molecule has 3 N–H and O–H groups in total. The first-order valence-corrected chi connectivity index (χ1v) is 5.25. The third-order valence-electron chi connectivity index (χ3n) is 2.11. The first-order valence-electron chi connectivity index (χ1n) is 5.25. The zero-order chi connectivity index (χ0) is 12.1. The van der Waals surface area contributed by atoms with E-state index in [1.165, 1.54) is 0 Å². The van der Waals surface area contributed by atoms with E-state index in [0.717, 1.165) is 5.69 Å². The molecule has 0 unspecified atom stereocenters. The van der Waals surface area contributed by atoms with Crippen molar-refractivity contribution in [2.45, 2.75) is 0 Å². The molecule has 2 rings (SSSR count). The first-order chi connectivity index (χ1) is 8.31. The van der Waals surface area contributed by atoms with Crippen molar-refractivity contribution < 1.29 is 0 Å². The van der Waals surface area contributed by atoms with Crippen molar-refractivity contribution >= 4 is 23.5 Å². The molecule has 0 radical (unpaired) electrons. The molecule has 0 saturated carbocycles. The van der Waals surface area contributed by atoms with Crippen molar-refractivity contribution in [3.05, 3.63) is 30.3 Å². The van der Waals surface area contributed by atoms with Gasteiger partial charge < -0.3 is 16.0 Å². The topological polar surface area (TPSA) is 74.8 Å². The van der Waals surface area contributed by atoms with Crippen LogP contribution in [0, 0.1) is 0 Å². The summed E-state index contributed by atoms with van der Waals surface area (Å²) in [4.78, 5) is 12.5. The Morgan fingerprint density at radius 3 is 1.82 bits per heavy atom. The second kappa shape index (κ2) is 5.11. The number of anilines is 4. The molecular formula is C11H14N6. The minimum atomic E-state index is 0.500. The number of benzene rings is 1. The molecule has 6 heteroatoms. The summed E-state index contributed by atoms with van der Waals surface area (Å²) in [5.41, 5.74) is 0.933. The minimum absolute atomic E-state index is 0.500. The number of rotatable bonds is 4. The molecule has 0 spiro atoms. The Balaban J connectivity index is 2.26. The van der Waals surface area contributed by atoms with Crippen LogP contribution >= 0.6 is 0 Å². The zero-order valence-corrected chi connectivity index (χ0v) is 9.73. The van der Waals surface area contributed by atoms with Crippen molar-refractivity contribution in [3.63, 3.8) is 0 Å². The third kappa shape index (κ3) is 2.81. The molecule has 6 nitrogen and oxygen atoms in total. The monoisotopic (exact) mass is 230 g/mol. The van der Waals surface area contributed by atoms with Gasteiger partial charge in [-0.3, -0.25) is 0 Å². The van der Waals surface area contributed by atoms with Gasteiger partial charge in [-0.1, -0.05) is 18.2 Å². The number of hydrogen-bond acceptors (Lipinski definition) is 6. The minimum Gasteiger partial charge on any atom is -0.357 e. The fourth-order valence-corrected chi connectivity index (χ4v) is 1.31. The van der Waals surface area contributed by atoms with E-state index in [0.29, 0.717) is 17.8 Å². The van der Waals surface area contributed by atoms with Crippen LogP contribution in [-0.4, -0.2) is 29.0 Å². The molecule has 0 aliphatic heterocycles. The van der Waals surface area contributed by atoms with E-state index in [2.05, 4.69) is 30.9 Å². The average Bonchev–Trinajstić information content (AvgIpc) is 2.39. The molecule has 0 fully saturated rings. The van der Waals surface area contributed by atoms with Gasteiger partial charge in [0.1, 0.15) is 0 Å². The standard InChI is InChI=1S/C11H14N6/c1-12-9-15-10(13-2)17-11(16-9)14-8-6-4-3-5-7-8/h3-7H,1-2H3,(H3,12,13,14,15,16,17).